The molecule has 0 bridgehead atoms. The van der Waals surface area contributed by atoms with Gasteiger partial charge in [-0.1, -0.05) is 34.1 Å². The number of carbonyl (C=O) groups is 5. The van der Waals surface area contributed by atoms with Crippen LogP contribution in [0.3, 0.4) is 0 Å². The number of aliphatic carboxylic acids is 2. The van der Waals surface area contributed by atoms with Crippen LogP contribution in [0.4, 0.5) is 0 Å². The SMILES string of the molecule is CCC(C)C(NC(=O)C(N)Cc1cnc[nH]1)C(=O)NC(CC(=O)O)C(=O)NC(CC(C)C)C(=O)O. The molecule has 3 amide bonds. The number of H-pyrrole nitrogens is 1. The molecule has 13 nitrogen and oxygen atoms in total. The van der Waals surface area contributed by atoms with E-state index in [4.69, 9.17) is 5.73 Å². The van der Waals surface area contributed by atoms with Gasteiger partial charge >= 0.3 is 11.9 Å². The van der Waals surface area contributed by atoms with E-state index in [9.17, 15) is 34.2 Å². The summed E-state index contributed by atoms with van der Waals surface area (Å²) in [5.74, 6) is -5.41. The number of hydrogen-bond acceptors (Lipinski definition) is 7. The summed E-state index contributed by atoms with van der Waals surface area (Å²) in [5.41, 5.74) is 6.58. The van der Waals surface area contributed by atoms with Crippen LogP contribution in [-0.2, 0) is 30.4 Å². The normalized spacial score (nSPS) is 15.4. The average molecular weight is 497 g/mol. The molecule has 0 saturated carbocycles. The summed E-state index contributed by atoms with van der Waals surface area (Å²) in [6, 6.07) is -4.88. The smallest absolute Gasteiger partial charge is 0.326 e. The molecule has 1 heterocycles. The molecule has 0 radical (unpaired) electrons. The minimum Gasteiger partial charge on any atom is -0.481 e. The number of carboxylic acids is 2. The first-order chi connectivity index (χ1) is 16.3. The van der Waals surface area contributed by atoms with Crippen molar-refractivity contribution < 1.29 is 34.2 Å². The highest BCUT2D eigenvalue weighted by Gasteiger charge is 2.33. The van der Waals surface area contributed by atoms with Crippen LogP contribution < -0.4 is 21.7 Å². The third-order valence-electron chi connectivity index (χ3n) is 5.46. The van der Waals surface area contributed by atoms with Crippen LogP contribution in [-0.4, -0.2) is 74.0 Å². The topological polar surface area (TPSA) is 217 Å². The van der Waals surface area contributed by atoms with Gasteiger partial charge in [-0.25, -0.2) is 9.78 Å². The predicted octanol–water partition coefficient (Wildman–Crippen LogP) is -0.615. The lowest BCUT2D eigenvalue weighted by molar-refractivity contribution is -0.144. The molecule has 1 rings (SSSR count). The van der Waals surface area contributed by atoms with Gasteiger partial charge in [-0.15, -0.1) is 0 Å². The Bertz CT molecular complexity index is 874. The van der Waals surface area contributed by atoms with Crippen molar-refractivity contribution in [2.45, 2.75) is 77.5 Å². The van der Waals surface area contributed by atoms with Gasteiger partial charge in [0.2, 0.25) is 17.7 Å². The van der Waals surface area contributed by atoms with Gasteiger partial charge in [0.25, 0.3) is 0 Å². The first-order valence-electron chi connectivity index (χ1n) is 11.4. The fourth-order valence-corrected chi connectivity index (χ4v) is 3.30. The minimum absolute atomic E-state index is 0.0557. The molecule has 0 saturated heterocycles. The summed E-state index contributed by atoms with van der Waals surface area (Å²) >= 11 is 0. The summed E-state index contributed by atoms with van der Waals surface area (Å²) < 4.78 is 0. The van der Waals surface area contributed by atoms with Gasteiger partial charge in [0, 0.05) is 18.3 Å². The molecule has 35 heavy (non-hydrogen) atoms. The molecule has 0 aliphatic heterocycles. The molecule has 0 aliphatic carbocycles. The quantitative estimate of drug-likeness (QED) is 0.164. The number of rotatable bonds is 15. The summed E-state index contributed by atoms with van der Waals surface area (Å²) in [6.07, 6.45) is 2.95. The molecular formula is C22H36N6O7. The van der Waals surface area contributed by atoms with E-state index in [-0.39, 0.29) is 24.7 Å². The van der Waals surface area contributed by atoms with Gasteiger partial charge in [0.05, 0.1) is 18.8 Å². The van der Waals surface area contributed by atoms with Gasteiger partial charge < -0.3 is 36.9 Å². The number of carboxylic acid groups (broad SMARTS) is 2. The zero-order valence-corrected chi connectivity index (χ0v) is 20.4. The standard InChI is InChI=1S/C22H36N6O7/c1-5-12(4)18(28-19(31)14(23)7-13-9-24-10-25-13)21(33)26-15(8-17(29)30)20(32)27-16(22(34)35)6-11(2)3/h9-12,14-16,18H,5-8,23H2,1-4H3,(H,24,25)(H,26,33)(H,27,32)(H,28,31)(H,29,30)(H,34,35). The third-order valence-corrected chi connectivity index (χ3v) is 5.46. The number of hydrogen-bond donors (Lipinski definition) is 7. The first kappa shape index (κ1) is 29.6. The lowest BCUT2D eigenvalue weighted by atomic mass is 9.97. The first-order valence-corrected chi connectivity index (χ1v) is 11.4. The fourth-order valence-electron chi connectivity index (χ4n) is 3.30. The Kier molecular flexibility index (Phi) is 11.9. The second kappa shape index (κ2) is 14.0. The Balaban J connectivity index is 2.98. The Morgan fingerprint density at radius 1 is 1.00 bits per heavy atom. The molecule has 0 aromatic carbocycles. The second-order valence-electron chi connectivity index (χ2n) is 8.95. The van der Waals surface area contributed by atoms with Crippen molar-refractivity contribution in [1.82, 2.24) is 25.9 Å². The summed E-state index contributed by atoms with van der Waals surface area (Å²) in [5, 5.41) is 25.8. The zero-order chi connectivity index (χ0) is 26.7. The van der Waals surface area contributed by atoms with Gasteiger partial charge in [-0.05, 0) is 18.3 Å². The molecule has 0 spiro atoms. The molecule has 5 unspecified atom stereocenters. The van der Waals surface area contributed by atoms with E-state index in [2.05, 4.69) is 25.9 Å². The Labute approximate surface area is 203 Å². The number of aromatic amines is 1. The third kappa shape index (κ3) is 10.1. The van der Waals surface area contributed by atoms with E-state index in [0.717, 1.165) is 0 Å². The van der Waals surface area contributed by atoms with Crippen LogP contribution in [0, 0.1) is 11.8 Å². The van der Waals surface area contributed by atoms with E-state index < -0.39 is 60.2 Å². The van der Waals surface area contributed by atoms with Crippen molar-refractivity contribution in [3.05, 3.63) is 18.2 Å². The molecule has 196 valence electrons. The zero-order valence-electron chi connectivity index (χ0n) is 20.4. The maximum Gasteiger partial charge on any atom is 0.326 e. The van der Waals surface area contributed by atoms with Crippen LogP contribution in [0.25, 0.3) is 0 Å². The lowest BCUT2D eigenvalue weighted by Crippen LogP contribution is -2.59. The molecule has 13 heteroatoms. The molecule has 1 aromatic heterocycles. The van der Waals surface area contributed by atoms with E-state index >= 15 is 0 Å². The van der Waals surface area contributed by atoms with Crippen LogP contribution in [0.5, 0.6) is 0 Å². The summed E-state index contributed by atoms with van der Waals surface area (Å²) in [6.45, 7) is 7.05. The largest absolute Gasteiger partial charge is 0.481 e. The molecule has 5 atom stereocenters. The van der Waals surface area contributed by atoms with Crippen LogP contribution in [0.2, 0.25) is 0 Å². The second-order valence-corrected chi connectivity index (χ2v) is 8.95. The van der Waals surface area contributed by atoms with Gasteiger partial charge in [0.15, 0.2) is 0 Å². The van der Waals surface area contributed by atoms with Crippen molar-refractivity contribution in [2.24, 2.45) is 17.6 Å². The number of imidazole rings is 1. The molecule has 0 aliphatic rings. The molecule has 8 N–H and O–H groups in total. The summed E-state index contributed by atoms with van der Waals surface area (Å²) in [7, 11) is 0. The van der Waals surface area contributed by atoms with Gasteiger partial charge in [-0.2, -0.15) is 0 Å². The maximum absolute atomic E-state index is 13.0. The van der Waals surface area contributed by atoms with Gasteiger partial charge in [0.1, 0.15) is 18.1 Å². The van der Waals surface area contributed by atoms with Crippen molar-refractivity contribution in [3.8, 4) is 0 Å². The van der Waals surface area contributed by atoms with Crippen molar-refractivity contribution >= 4 is 29.7 Å². The van der Waals surface area contributed by atoms with Crippen molar-refractivity contribution in [3.63, 3.8) is 0 Å². The van der Waals surface area contributed by atoms with E-state index in [0.29, 0.717) is 12.1 Å². The average Bonchev–Trinajstić information content (AvgIpc) is 3.27. The highest BCUT2D eigenvalue weighted by molar-refractivity contribution is 5.95. The van der Waals surface area contributed by atoms with Crippen molar-refractivity contribution in [1.29, 1.82) is 0 Å². The van der Waals surface area contributed by atoms with Crippen LogP contribution in [0.1, 0.15) is 52.7 Å². The van der Waals surface area contributed by atoms with Crippen LogP contribution >= 0.6 is 0 Å². The van der Waals surface area contributed by atoms with E-state index in [1.54, 1.807) is 27.7 Å². The number of carbonyl (C=O) groups excluding carboxylic acids is 3. The van der Waals surface area contributed by atoms with Crippen LogP contribution in [0.15, 0.2) is 12.5 Å². The summed E-state index contributed by atoms with van der Waals surface area (Å²) in [4.78, 5) is 67.9. The predicted molar refractivity (Wildman–Crippen MR) is 125 cm³/mol. The Morgan fingerprint density at radius 2 is 1.63 bits per heavy atom. The van der Waals surface area contributed by atoms with Crippen molar-refractivity contribution in [2.75, 3.05) is 0 Å². The molecular weight excluding hydrogens is 460 g/mol. The van der Waals surface area contributed by atoms with E-state index in [1.165, 1.54) is 12.5 Å². The molecule has 1 aromatic rings. The Morgan fingerprint density at radius 3 is 2.11 bits per heavy atom. The molecule has 0 fully saturated rings. The number of nitrogens with two attached hydrogens (primary N) is 1. The van der Waals surface area contributed by atoms with E-state index in [1.807, 2.05) is 0 Å². The van der Waals surface area contributed by atoms with Gasteiger partial charge in [-0.3, -0.25) is 19.2 Å². The highest BCUT2D eigenvalue weighted by Crippen LogP contribution is 2.11. The lowest BCUT2D eigenvalue weighted by Gasteiger charge is -2.27. The number of aromatic nitrogens is 2. The monoisotopic (exact) mass is 496 g/mol. The number of nitrogens with zero attached hydrogens (tertiary/aromatic N) is 1. The fraction of sp³-hybridized carbons (Fsp3) is 0.636. The number of nitrogens with one attached hydrogen (secondary N) is 4. The Hall–Kier alpha value is -3.48. The minimum atomic E-state index is -1.55. The number of amides is 3. The maximum atomic E-state index is 13.0. The highest BCUT2D eigenvalue weighted by atomic mass is 16.4.